The van der Waals surface area contributed by atoms with Crippen LogP contribution in [0.3, 0.4) is 0 Å². The van der Waals surface area contributed by atoms with Crippen LogP contribution in [0.15, 0.2) is 28.7 Å². The molecule has 0 aliphatic carbocycles. The quantitative estimate of drug-likeness (QED) is 0.943. The summed E-state index contributed by atoms with van der Waals surface area (Å²) in [7, 11) is 0. The van der Waals surface area contributed by atoms with Crippen LogP contribution in [0.5, 0.6) is 0 Å². The molecule has 116 valence electrons. The third-order valence-corrected chi connectivity index (χ3v) is 3.82. The number of benzene rings is 1. The number of nitrogens with zero attached hydrogens (tertiary/aromatic N) is 3. The zero-order valence-electron chi connectivity index (χ0n) is 11.9. The molecule has 3 rings (SSSR count). The molecule has 1 aromatic carbocycles. The smallest absolute Gasteiger partial charge is 0.407 e. The number of aromatic nitrogens is 2. The van der Waals surface area contributed by atoms with Crippen LogP contribution in [0.25, 0.3) is 11.5 Å². The standard InChI is InChI=1S/C15H16FN3O3/c16-11-5-3-4-10(8-11)14-18-17-13(22-14)9-12-6-1-2-7-19(12)15(20)21/h3-5,8,12H,1-2,6-7,9H2,(H,20,21). The molecule has 0 bridgehead atoms. The van der Waals surface area contributed by atoms with Gasteiger partial charge in [0.15, 0.2) is 0 Å². The second-order valence-electron chi connectivity index (χ2n) is 5.34. The van der Waals surface area contributed by atoms with Crippen molar-refractivity contribution in [3.05, 3.63) is 36.0 Å². The summed E-state index contributed by atoms with van der Waals surface area (Å²) in [6.45, 7) is 0.533. The first kappa shape index (κ1) is 14.5. The Morgan fingerprint density at radius 3 is 3.05 bits per heavy atom. The van der Waals surface area contributed by atoms with Gasteiger partial charge in [0.2, 0.25) is 11.8 Å². The average molecular weight is 305 g/mol. The molecule has 1 aliphatic heterocycles. The predicted octanol–water partition coefficient (Wildman–Crippen LogP) is 2.95. The Kier molecular flexibility index (Phi) is 4.04. The normalized spacial score (nSPS) is 18.4. The highest BCUT2D eigenvalue weighted by molar-refractivity contribution is 5.65. The van der Waals surface area contributed by atoms with E-state index in [9.17, 15) is 14.3 Å². The Morgan fingerprint density at radius 2 is 2.27 bits per heavy atom. The lowest BCUT2D eigenvalue weighted by Gasteiger charge is -2.32. The lowest BCUT2D eigenvalue weighted by atomic mass is 10.00. The number of halogens is 1. The van der Waals surface area contributed by atoms with Crippen molar-refractivity contribution >= 4 is 6.09 Å². The van der Waals surface area contributed by atoms with Gasteiger partial charge in [-0.05, 0) is 37.5 Å². The summed E-state index contributed by atoms with van der Waals surface area (Å²) in [4.78, 5) is 12.7. The van der Waals surface area contributed by atoms with Crippen LogP contribution in [-0.2, 0) is 6.42 Å². The highest BCUT2D eigenvalue weighted by Crippen LogP contribution is 2.23. The minimum Gasteiger partial charge on any atom is -0.465 e. The molecule has 22 heavy (non-hydrogen) atoms. The van der Waals surface area contributed by atoms with Crippen LogP contribution in [0.1, 0.15) is 25.2 Å². The first-order chi connectivity index (χ1) is 10.6. The van der Waals surface area contributed by atoms with Crippen molar-refractivity contribution in [1.82, 2.24) is 15.1 Å². The van der Waals surface area contributed by atoms with Gasteiger partial charge >= 0.3 is 6.09 Å². The third-order valence-electron chi connectivity index (χ3n) is 3.82. The number of hydrogen-bond donors (Lipinski definition) is 1. The van der Waals surface area contributed by atoms with Gasteiger partial charge in [-0.25, -0.2) is 9.18 Å². The molecule has 6 nitrogen and oxygen atoms in total. The third kappa shape index (κ3) is 3.08. The van der Waals surface area contributed by atoms with E-state index in [0.29, 0.717) is 24.4 Å². The van der Waals surface area contributed by atoms with Gasteiger partial charge in [0.05, 0.1) is 0 Å². The largest absolute Gasteiger partial charge is 0.465 e. The minimum atomic E-state index is -0.922. The number of amides is 1. The van der Waals surface area contributed by atoms with Crippen LogP contribution < -0.4 is 0 Å². The number of piperidine rings is 1. The summed E-state index contributed by atoms with van der Waals surface area (Å²) < 4.78 is 18.8. The summed E-state index contributed by atoms with van der Waals surface area (Å²) in [6, 6.07) is 5.77. The summed E-state index contributed by atoms with van der Waals surface area (Å²) >= 11 is 0. The van der Waals surface area contributed by atoms with Gasteiger partial charge in [-0.2, -0.15) is 0 Å². The monoisotopic (exact) mass is 305 g/mol. The van der Waals surface area contributed by atoms with E-state index in [1.807, 2.05) is 0 Å². The fourth-order valence-corrected chi connectivity index (χ4v) is 2.74. The number of hydrogen-bond acceptors (Lipinski definition) is 4. The van der Waals surface area contributed by atoms with Crippen molar-refractivity contribution in [3.8, 4) is 11.5 Å². The van der Waals surface area contributed by atoms with Crippen molar-refractivity contribution in [2.45, 2.75) is 31.7 Å². The Bertz CT molecular complexity index is 674. The first-order valence-corrected chi connectivity index (χ1v) is 7.21. The van der Waals surface area contributed by atoms with Crippen molar-refractivity contribution < 1.29 is 18.7 Å². The average Bonchev–Trinajstić information content (AvgIpc) is 2.96. The van der Waals surface area contributed by atoms with E-state index in [2.05, 4.69) is 10.2 Å². The zero-order chi connectivity index (χ0) is 15.5. The summed E-state index contributed by atoms with van der Waals surface area (Å²) in [5.41, 5.74) is 0.512. The Balaban J connectivity index is 1.75. The van der Waals surface area contributed by atoms with Gasteiger partial charge in [0.1, 0.15) is 5.82 Å². The zero-order valence-corrected chi connectivity index (χ0v) is 11.9. The molecule has 1 aliphatic rings. The molecule has 0 spiro atoms. The number of carbonyl (C=O) groups is 1. The van der Waals surface area contributed by atoms with E-state index in [4.69, 9.17) is 4.42 Å². The minimum absolute atomic E-state index is 0.146. The van der Waals surface area contributed by atoms with Crippen LogP contribution in [0, 0.1) is 5.82 Å². The summed E-state index contributed by atoms with van der Waals surface area (Å²) in [5, 5.41) is 17.1. The second kappa shape index (κ2) is 6.13. The molecule has 2 heterocycles. The molecule has 7 heteroatoms. The summed E-state index contributed by atoms with van der Waals surface area (Å²) in [6.07, 6.45) is 2.11. The first-order valence-electron chi connectivity index (χ1n) is 7.21. The molecule has 2 aromatic rings. The van der Waals surface area contributed by atoms with Crippen LogP contribution in [0.4, 0.5) is 9.18 Å². The van der Waals surface area contributed by atoms with E-state index in [1.54, 1.807) is 12.1 Å². The van der Waals surface area contributed by atoms with Crippen molar-refractivity contribution in [1.29, 1.82) is 0 Å². The molecule has 0 radical (unpaired) electrons. The van der Waals surface area contributed by atoms with Gasteiger partial charge in [-0.15, -0.1) is 10.2 Å². The lowest BCUT2D eigenvalue weighted by molar-refractivity contribution is 0.104. The van der Waals surface area contributed by atoms with E-state index < -0.39 is 6.09 Å². The Hall–Kier alpha value is -2.44. The highest BCUT2D eigenvalue weighted by atomic mass is 19.1. The van der Waals surface area contributed by atoms with Crippen LogP contribution in [-0.4, -0.2) is 38.9 Å². The van der Waals surface area contributed by atoms with Gasteiger partial charge < -0.3 is 14.4 Å². The maximum atomic E-state index is 13.2. The molecule has 1 amide bonds. The van der Waals surface area contributed by atoms with Crippen molar-refractivity contribution in [2.24, 2.45) is 0 Å². The SMILES string of the molecule is O=C(O)N1CCCCC1Cc1nnc(-c2cccc(F)c2)o1. The molecule has 1 N–H and O–H groups in total. The fraction of sp³-hybridized carbons (Fsp3) is 0.400. The Morgan fingerprint density at radius 1 is 1.41 bits per heavy atom. The fourth-order valence-electron chi connectivity index (χ4n) is 2.74. The molecular formula is C15H16FN3O3. The van der Waals surface area contributed by atoms with E-state index in [0.717, 1.165) is 19.3 Å². The molecule has 1 saturated heterocycles. The predicted molar refractivity (Wildman–Crippen MR) is 75.8 cm³/mol. The van der Waals surface area contributed by atoms with Crippen molar-refractivity contribution in [2.75, 3.05) is 6.54 Å². The maximum Gasteiger partial charge on any atom is 0.407 e. The topological polar surface area (TPSA) is 79.5 Å². The van der Waals surface area contributed by atoms with Gasteiger partial charge in [0.25, 0.3) is 0 Å². The van der Waals surface area contributed by atoms with E-state index in [1.165, 1.54) is 17.0 Å². The molecule has 1 atom stereocenters. The van der Waals surface area contributed by atoms with Crippen LogP contribution in [0.2, 0.25) is 0 Å². The molecule has 1 aromatic heterocycles. The summed E-state index contributed by atoms with van der Waals surface area (Å²) in [5.74, 6) is 0.242. The van der Waals surface area contributed by atoms with E-state index in [-0.39, 0.29) is 17.7 Å². The van der Waals surface area contributed by atoms with Gasteiger partial charge in [0, 0.05) is 24.6 Å². The van der Waals surface area contributed by atoms with Crippen LogP contribution >= 0.6 is 0 Å². The number of carboxylic acid groups (broad SMARTS) is 1. The highest BCUT2D eigenvalue weighted by Gasteiger charge is 2.28. The molecule has 1 unspecified atom stereocenters. The van der Waals surface area contributed by atoms with E-state index >= 15 is 0 Å². The van der Waals surface area contributed by atoms with Gasteiger partial charge in [-0.3, -0.25) is 0 Å². The van der Waals surface area contributed by atoms with Gasteiger partial charge in [-0.1, -0.05) is 6.07 Å². The maximum absolute atomic E-state index is 13.2. The second-order valence-corrected chi connectivity index (χ2v) is 5.34. The molecule has 1 fully saturated rings. The van der Waals surface area contributed by atoms with Crippen molar-refractivity contribution in [3.63, 3.8) is 0 Å². The number of likely N-dealkylation sites (tertiary alicyclic amines) is 1. The molecule has 0 saturated carbocycles. The lowest BCUT2D eigenvalue weighted by Crippen LogP contribution is -2.44. The Labute approximate surface area is 126 Å². The number of rotatable bonds is 3. The molecular weight excluding hydrogens is 289 g/mol.